The molecule has 2 heterocycles. The lowest BCUT2D eigenvalue weighted by Gasteiger charge is -2.35. The predicted molar refractivity (Wildman–Crippen MR) is 112 cm³/mol. The van der Waals surface area contributed by atoms with Gasteiger partial charge in [0.1, 0.15) is 12.4 Å². The second-order valence-corrected chi connectivity index (χ2v) is 6.97. The van der Waals surface area contributed by atoms with Gasteiger partial charge in [0.05, 0.1) is 18.3 Å². The average molecular weight is 415 g/mol. The number of carbonyl (C=O) groups is 2. The number of guanidine groups is 1. The lowest BCUT2D eigenvalue weighted by Crippen LogP contribution is -2.56. The molecule has 2 amide bonds. The fourth-order valence-corrected chi connectivity index (χ4v) is 3.23. The molecule has 2 aromatic rings. The number of hydrogen-bond donors (Lipinski definition) is 2. The minimum Gasteiger partial charge on any atom is -0.354 e. The highest BCUT2D eigenvalue weighted by molar-refractivity contribution is 5.98. The fraction of sp³-hybridized carbons (Fsp3) is 0.400. The molecule has 0 atom stereocenters. The number of aliphatic imine (C=N–C) groups is 1. The molecule has 2 N–H and O–H groups in total. The number of benzene rings is 1. The van der Waals surface area contributed by atoms with E-state index in [1.165, 1.54) is 12.1 Å². The number of carbonyl (C=O) groups excluding carboxylic acids is 2. The first-order valence-electron chi connectivity index (χ1n) is 9.72. The molecule has 1 aromatic heterocycles. The second-order valence-electron chi connectivity index (χ2n) is 6.97. The van der Waals surface area contributed by atoms with Crippen molar-refractivity contribution in [2.75, 3.05) is 44.7 Å². The maximum atomic E-state index is 12.9. The van der Waals surface area contributed by atoms with Crippen molar-refractivity contribution in [3.63, 3.8) is 0 Å². The minimum absolute atomic E-state index is 0.0233. The van der Waals surface area contributed by atoms with Gasteiger partial charge in [-0.2, -0.15) is 5.10 Å². The van der Waals surface area contributed by atoms with Crippen molar-refractivity contribution in [1.82, 2.24) is 25.3 Å². The van der Waals surface area contributed by atoms with Crippen LogP contribution in [0, 0.1) is 5.82 Å². The standard InChI is InChI=1S/C20H26FN7O2/c1-22-20(24-8-7-23-18(29)11-15-3-5-16(21)6-4-15)27-9-10-28(19(30)14-27)17-12-25-26(2)13-17/h3-6,12-13H,7-11,14H2,1-2H3,(H,22,24)(H,23,29). The monoisotopic (exact) mass is 415 g/mol. The minimum atomic E-state index is -0.325. The molecular formula is C20H26FN7O2. The number of halogens is 1. The van der Waals surface area contributed by atoms with Crippen LogP contribution in [0.25, 0.3) is 0 Å². The number of hydrogen-bond acceptors (Lipinski definition) is 4. The summed E-state index contributed by atoms with van der Waals surface area (Å²) in [5.41, 5.74) is 1.54. The van der Waals surface area contributed by atoms with Gasteiger partial charge in [-0.1, -0.05) is 12.1 Å². The van der Waals surface area contributed by atoms with Crippen molar-refractivity contribution in [3.8, 4) is 0 Å². The number of piperazine rings is 1. The van der Waals surface area contributed by atoms with Crippen LogP contribution >= 0.6 is 0 Å². The summed E-state index contributed by atoms with van der Waals surface area (Å²) in [5.74, 6) is 0.125. The van der Waals surface area contributed by atoms with Crippen molar-refractivity contribution in [2.45, 2.75) is 6.42 Å². The van der Waals surface area contributed by atoms with Gasteiger partial charge in [0, 0.05) is 46.5 Å². The Hall–Kier alpha value is -3.43. The van der Waals surface area contributed by atoms with Crippen LogP contribution in [0.3, 0.4) is 0 Å². The molecule has 1 aromatic carbocycles. The Morgan fingerprint density at radius 1 is 1.20 bits per heavy atom. The largest absolute Gasteiger partial charge is 0.354 e. The first-order chi connectivity index (χ1) is 14.5. The molecule has 1 fully saturated rings. The molecule has 30 heavy (non-hydrogen) atoms. The lowest BCUT2D eigenvalue weighted by molar-refractivity contribution is -0.121. The topological polar surface area (TPSA) is 94.9 Å². The van der Waals surface area contributed by atoms with Crippen LogP contribution in [0.1, 0.15) is 5.56 Å². The Bertz CT molecular complexity index is 910. The van der Waals surface area contributed by atoms with Crippen LogP contribution in [0.5, 0.6) is 0 Å². The van der Waals surface area contributed by atoms with Crippen molar-refractivity contribution >= 4 is 23.5 Å². The van der Waals surface area contributed by atoms with E-state index >= 15 is 0 Å². The van der Waals surface area contributed by atoms with Gasteiger partial charge < -0.3 is 20.4 Å². The zero-order valence-corrected chi connectivity index (χ0v) is 17.1. The van der Waals surface area contributed by atoms with Gasteiger partial charge in [0.15, 0.2) is 5.96 Å². The molecule has 0 spiro atoms. The Morgan fingerprint density at radius 2 is 1.93 bits per heavy atom. The smallest absolute Gasteiger partial charge is 0.246 e. The molecule has 0 saturated carbocycles. The van der Waals surface area contributed by atoms with E-state index in [1.54, 1.807) is 35.0 Å². The molecule has 1 saturated heterocycles. The van der Waals surface area contributed by atoms with Crippen LogP contribution in [0.15, 0.2) is 41.7 Å². The van der Waals surface area contributed by atoms with Crippen LogP contribution in [0.2, 0.25) is 0 Å². The number of nitrogens with zero attached hydrogens (tertiary/aromatic N) is 5. The molecule has 0 radical (unpaired) electrons. The number of anilines is 1. The molecule has 9 nitrogen and oxygen atoms in total. The SMILES string of the molecule is CN=C(NCCNC(=O)Cc1ccc(F)cc1)N1CCN(c2cnn(C)c2)C(=O)C1. The lowest BCUT2D eigenvalue weighted by atomic mass is 10.1. The first-order valence-corrected chi connectivity index (χ1v) is 9.72. The number of aromatic nitrogens is 2. The summed E-state index contributed by atoms with van der Waals surface area (Å²) >= 11 is 0. The van der Waals surface area contributed by atoms with E-state index in [-0.39, 0.29) is 30.6 Å². The van der Waals surface area contributed by atoms with E-state index in [0.717, 1.165) is 11.3 Å². The molecule has 0 bridgehead atoms. The van der Waals surface area contributed by atoms with Gasteiger partial charge in [-0.05, 0) is 17.7 Å². The zero-order valence-electron chi connectivity index (χ0n) is 17.1. The van der Waals surface area contributed by atoms with Gasteiger partial charge >= 0.3 is 0 Å². The van der Waals surface area contributed by atoms with E-state index in [9.17, 15) is 14.0 Å². The quantitative estimate of drug-likeness (QED) is 0.398. The third kappa shape index (κ3) is 5.56. The van der Waals surface area contributed by atoms with Gasteiger partial charge in [-0.3, -0.25) is 19.3 Å². The first kappa shape index (κ1) is 21.3. The third-order valence-corrected chi connectivity index (χ3v) is 4.74. The number of rotatable bonds is 6. The highest BCUT2D eigenvalue weighted by Gasteiger charge is 2.27. The normalized spacial score (nSPS) is 14.8. The van der Waals surface area contributed by atoms with Gasteiger partial charge in [-0.25, -0.2) is 4.39 Å². The Labute approximate surface area is 174 Å². The third-order valence-electron chi connectivity index (χ3n) is 4.74. The molecule has 3 rings (SSSR count). The van der Waals surface area contributed by atoms with Crippen molar-refractivity contribution in [1.29, 1.82) is 0 Å². The van der Waals surface area contributed by atoms with Gasteiger partial charge in [-0.15, -0.1) is 0 Å². The van der Waals surface area contributed by atoms with Gasteiger partial charge in [0.25, 0.3) is 0 Å². The number of amides is 2. The van der Waals surface area contributed by atoms with Crippen molar-refractivity contribution < 1.29 is 14.0 Å². The molecule has 10 heteroatoms. The average Bonchev–Trinajstić information content (AvgIpc) is 3.15. The summed E-state index contributed by atoms with van der Waals surface area (Å²) in [6.07, 6.45) is 3.68. The summed E-state index contributed by atoms with van der Waals surface area (Å²) in [7, 11) is 3.47. The maximum Gasteiger partial charge on any atom is 0.246 e. The van der Waals surface area contributed by atoms with Crippen molar-refractivity contribution in [2.24, 2.45) is 12.0 Å². The van der Waals surface area contributed by atoms with Crippen LogP contribution in [0.4, 0.5) is 10.1 Å². The summed E-state index contributed by atoms with van der Waals surface area (Å²) < 4.78 is 14.6. The maximum absolute atomic E-state index is 12.9. The number of nitrogens with one attached hydrogen (secondary N) is 2. The Kier molecular flexibility index (Phi) is 6.99. The summed E-state index contributed by atoms with van der Waals surface area (Å²) in [5, 5.41) is 10.1. The summed E-state index contributed by atoms with van der Waals surface area (Å²) in [4.78, 5) is 32.4. The highest BCUT2D eigenvalue weighted by Crippen LogP contribution is 2.15. The van der Waals surface area contributed by atoms with Crippen molar-refractivity contribution in [3.05, 3.63) is 48.0 Å². The van der Waals surface area contributed by atoms with E-state index in [1.807, 2.05) is 18.1 Å². The second kappa shape index (κ2) is 9.86. The van der Waals surface area contributed by atoms with E-state index < -0.39 is 0 Å². The molecule has 0 aliphatic carbocycles. The van der Waals surface area contributed by atoms with Gasteiger partial charge in [0.2, 0.25) is 11.8 Å². The van der Waals surface area contributed by atoms with Crippen LogP contribution in [-0.4, -0.2) is 72.2 Å². The van der Waals surface area contributed by atoms with E-state index in [2.05, 4.69) is 20.7 Å². The molecular weight excluding hydrogens is 389 g/mol. The summed E-state index contributed by atoms with van der Waals surface area (Å²) in [6.45, 7) is 2.27. The number of aryl methyl sites for hydroxylation is 1. The van der Waals surface area contributed by atoms with E-state index in [0.29, 0.717) is 32.1 Å². The molecule has 1 aliphatic rings. The van der Waals surface area contributed by atoms with E-state index in [4.69, 9.17) is 0 Å². The fourth-order valence-electron chi connectivity index (χ4n) is 3.23. The summed E-state index contributed by atoms with van der Waals surface area (Å²) in [6, 6.07) is 5.86. The van der Waals surface area contributed by atoms with Crippen LogP contribution < -0.4 is 15.5 Å². The molecule has 160 valence electrons. The predicted octanol–water partition coefficient (Wildman–Crippen LogP) is 0.142. The highest BCUT2D eigenvalue weighted by atomic mass is 19.1. The Morgan fingerprint density at radius 3 is 2.57 bits per heavy atom. The molecule has 0 unspecified atom stereocenters. The Balaban J connectivity index is 1.41. The molecule has 1 aliphatic heterocycles. The zero-order chi connectivity index (χ0) is 21.5. The van der Waals surface area contributed by atoms with Crippen LogP contribution in [-0.2, 0) is 23.1 Å².